The lowest BCUT2D eigenvalue weighted by atomic mass is 10.1. The quantitative estimate of drug-likeness (QED) is 0.419. The van der Waals surface area contributed by atoms with Crippen LogP contribution < -0.4 is 9.47 Å². The van der Waals surface area contributed by atoms with Crippen LogP contribution >= 0.6 is 0 Å². The van der Waals surface area contributed by atoms with Crippen molar-refractivity contribution in [2.45, 2.75) is 32.6 Å². The van der Waals surface area contributed by atoms with Crippen molar-refractivity contribution in [2.24, 2.45) is 4.99 Å². The summed E-state index contributed by atoms with van der Waals surface area (Å²) in [6.07, 6.45) is 5.79. The van der Waals surface area contributed by atoms with Gasteiger partial charge in [-0.1, -0.05) is 30.7 Å². The van der Waals surface area contributed by atoms with Crippen LogP contribution in [0.15, 0.2) is 59.2 Å². The number of nitrogens with zero attached hydrogens (tertiary/aromatic N) is 2. The molecule has 0 unspecified atom stereocenters. The van der Waals surface area contributed by atoms with Crippen molar-refractivity contribution < 1.29 is 19.1 Å². The van der Waals surface area contributed by atoms with Crippen LogP contribution in [0.3, 0.4) is 0 Å². The Morgan fingerprint density at radius 1 is 1.10 bits per heavy atom. The van der Waals surface area contributed by atoms with Gasteiger partial charge in [0.2, 0.25) is 0 Å². The van der Waals surface area contributed by atoms with Gasteiger partial charge >= 0.3 is 5.97 Å². The zero-order valence-corrected chi connectivity index (χ0v) is 17.0. The maximum Gasteiger partial charge on any atom is 0.343 e. The highest BCUT2D eigenvalue weighted by atomic mass is 16.6. The Balaban J connectivity index is 1.58. The zero-order valence-electron chi connectivity index (χ0n) is 17.0. The second-order valence-electron chi connectivity index (χ2n) is 7.22. The number of amidine groups is 1. The molecule has 0 radical (unpaired) electrons. The van der Waals surface area contributed by atoms with Gasteiger partial charge in [-0.05, 0) is 55.7 Å². The largest absolute Gasteiger partial charge is 0.490 e. The predicted molar refractivity (Wildman–Crippen MR) is 115 cm³/mol. The van der Waals surface area contributed by atoms with Gasteiger partial charge in [-0.25, -0.2) is 9.79 Å². The standard InChI is InChI=1S/C24H24N2O4/c1-2-29-21-16-17(12-13-20(21)30-24(28)18-9-5-3-6-10-18)15-19-23(27)26-14-8-4-7-11-22(26)25-19/h3,5-6,9-10,12-13,15-16H,2,4,7-8,11,14H2,1H3/b19-15+. The molecule has 1 amide bonds. The number of ether oxygens (including phenoxy) is 2. The summed E-state index contributed by atoms with van der Waals surface area (Å²) in [6.45, 7) is 3.01. The van der Waals surface area contributed by atoms with Gasteiger partial charge in [-0.3, -0.25) is 9.69 Å². The lowest BCUT2D eigenvalue weighted by Crippen LogP contribution is -2.31. The van der Waals surface area contributed by atoms with Crippen LogP contribution in [-0.2, 0) is 4.79 Å². The number of fused-ring (bicyclic) bond motifs is 1. The fraction of sp³-hybridized carbons (Fsp3) is 0.292. The first-order chi connectivity index (χ1) is 14.7. The Kier molecular flexibility index (Phi) is 5.93. The van der Waals surface area contributed by atoms with Crippen molar-refractivity contribution in [1.82, 2.24) is 4.90 Å². The fourth-order valence-electron chi connectivity index (χ4n) is 3.61. The molecule has 4 rings (SSSR count). The van der Waals surface area contributed by atoms with Crippen LogP contribution in [-0.4, -0.2) is 35.8 Å². The molecule has 1 fully saturated rings. The molecule has 2 heterocycles. The molecular weight excluding hydrogens is 380 g/mol. The van der Waals surface area contributed by atoms with Gasteiger partial charge in [0.25, 0.3) is 5.91 Å². The molecule has 0 atom stereocenters. The minimum absolute atomic E-state index is 0.0514. The number of rotatable bonds is 5. The van der Waals surface area contributed by atoms with E-state index in [1.165, 1.54) is 0 Å². The predicted octanol–water partition coefficient (Wildman–Crippen LogP) is 4.46. The minimum Gasteiger partial charge on any atom is -0.490 e. The number of hydrogen-bond acceptors (Lipinski definition) is 5. The normalized spacial score (nSPS) is 17.4. The second kappa shape index (κ2) is 8.95. The second-order valence-corrected chi connectivity index (χ2v) is 7.22. The number of carbonyl (C=O) groups is 2. The molecule has 2 aromatic rings. The molecule has 6 nitrogen and oxygen atoms in total. The van der Waals surface area contributed by atoms with Crippen LogP contribution in [0.2, 0.25) is 0 Å². The zero-order chi connectivity index (χ0) is 20.9. The van der Waals surface area contributed by atoms with Crippen molar-refractivity contribution in [3.05, 3.63) is 65.4 Å². The summed E-state index contributed by atoms with van der Waals surface area (Å²) in [7, 11) is 0. The SMILES string of the molecule is CCOc1cc(/C=C2/N=C3CCCCCN3C2=O)ccc1OC(=O)c1ccccc1. The van der Waals surface area contributed by atoms with Crippen LogP contribution in [0.5, 0.6) is 11.5 Å². The number of esters is 1. The average Bonchev–Trinajstić information content (AvgIpc) is 2.92. The Morgan fingerprint density at radius 2 is 1.93 bits per heavy atom. The van der Waals surface area contributed by atoms with Crippen molar-refractivity contribution in [2.75, 3.05) is 13.2 Å². The van der Waals surface area contributed by atoms with Gasteiger partial charge in [-0.15, -0.1) is 0 Å². The molecule has 0 aromatic heterocycles. The van der Waals surface area contributed by atoms with E-state index in [-0.39, 0.29) is 5.91 Å². The third-order valence-corrected chi connectivity index (χ3v) is 5.09. The van der Waals surface area contributed by atoms with E-state index < -0.39 is 5.97 Å². The van der Waals surface area contributed by atoms with Crippen LogP contribution in [0, 0.1) is 0 Å². The molecule has 0 bridgehead atoms. The Morgan fingerprint density at radius 3 is 2.73 bits per heavy atom. The molecule has 2 aliphatic rings. The number of hydrogen-bond donors (Lipinski definition) is 0. The Hall–Kier alpha value is -3.41. The first kappa shape index (κ1) is 19.9. The molecule has 6 heteroatoms. The van der Waals surface area contributed by atoms with Gasteiger partial charge in [-0.2, -0.15) is 0 Å². The summed E-state index contributed by atoms with van der Waals surface area (Å²) in [5, 5.41) is 0. The van der Waals surface area contributed by atoms with Crippen LogP contribution in [0.4, 0.5) is 0 Å². The third-order valence-electron chi connectivity index (χ3n) is 5.09. The summed E-state index contributed by atoms with van der Waals surface area (Å²) in [5.41, 5.74) is 1.66. The monoisotopic (exact) mass is 404 g/mol. The molecule has 2 aromatic carbocycles. The lowest BCUT2D eigenvalue weighted by Gasteiger charge is -2.14. The molecule has 1 saturated heterocycles. The third kappa shape index (κ3) is 4.27. The van der Waals surface area contributed by atoms with E-state index in [2.05, 4.69) is 4.99 Å². The highest BCUT2D eigenvalue weighted by molar-refractivity contribution is 6.14. The number of benzene rings is 2. The first-order valence-electron chi connectivity index (χ1n) is 10.3. The first-order valence-corrected chi connectivity index (χ1v) is 10.3. The molecule has 0 aliphatic carbocycles. The summed E-state index contributed by atoms with van der Waals surface area (Å²) in [6, 6.07) is 14.0. The van der Waals surface area contributed by atoms with E-state index in [9.17, 15) is 9.59 Å². The maximum absolute atomic E-state index is 12.7. The number of amides is 1. The van der Waals surface area contributed by atoms with E-state index in [1.54, 1.807) is 53.4 Å². The highest BCUT2D eigenvalue weighted by Gasteiger charge is 2.30. The fourth-order valence-corrected chi connectivity index (χ4v) is 3.61. The lowest BCUT2D eigenvalue weighted by molar-refractivity contribution is -0.122. The maximum atomic E-state index is 12.7. The molecule has 0 spiro atoms. The van der Waals surface area contributed by atoms with Crippen LogP contribution in [0.1, 0.15) is 48.5 Å². The summed E-state index contributed by atoms with van der Waals surface area (Å²) in [4.78, 5) is 31.5. The molecule has 0 saturated carbocycles. The van der Waals surface area contributed by atoms with E-state index in [0.29, 0.717) is 29.4 Å². The number of aliphatic imine (C=N–C) groups is 1. The van der Waals surface area contributed by atoms with Gasteiger partial charge in [0.05, 0.1) is 12.2 Å². The van der Waals surface area contributed by atoms with E-state index in [0.717, 1.165) is 43.6 Å². The number of carbonyl (C=O) groups excluding carboxylic acids is 2. The molecule has 30 heavy (non-hydrogen) atoms. The topological polar surface area (TPSA) is 68.2 Å². The summed E-state index contributed by atoms with van der Waals surface area (Å²) >= 11 is 0. The smallest absolute Gasteiger partial charge is 0.343 e. The Bertz CT molecular complexity index is 1010. The molecule has 154 valence electrons. The molecular formula is C24H24N2O4. The van der Waals surface area contributed by atoms with Gasteiger partial charge in [0.15, 0.2) is 11.5 Å². The van der Waals surface area contributed by atoms with E-state index in [4.69, 9.17) is 9.47 Å². The van der Waals surface area contributed by atoms with Crippen LogP contribution in [0.25, 0.3) is 6.08 Å². The van der Waals surface area contributed by atoms with Crippen molar-refractivity contribution in [3.8, 4) is 11.5 Å². The summed E-state index contributed by atoms with van der Waals surface area (Å²) < 4.78 is 11.2. The Labute approximate surface area is 175 Å². The average molecular weight is 404 g/mol. The van der Waals surface area contributed by atoms with Crippen molar-refractivity contribution in [3.63, 3.8) is 0 Å². The summed E-state index contributed by atoms with van der Waals surface area (Å²) in [5.74, 6) is 1.15. The van der Waals surface area contributed by atoms with E-state index in [1.807, 2.05) is 13.0 Å². The highest BCUT2D eigenvalue weighted by Crippen LogP contribution is 2.31. The van der Waals surface area contributed by atoms with Crippen molar-refractivity contribution in [1.29, 1.82) is 0 Å². The minimum atomic E-state index is -0.451. The molecule has 0 N–H and O–H groups in total. The van der Waals surface area contributed by atoms with Gasteiger partial charge in [0, 0.05) is 13.0 Å². The van der Waals surface area contributed by atoms with Gasteiger partial charge in [0.1, 0.15) is 11.5 Å². The van der Waals surface area contributed by atoms with Crippen molar-refractivity contribution >= 4 is 23.8 Å². The van der Waals surface area contributed by atoms with Gasteiger partial charge < -0.3 is 9.47 Å². The molecule has 2 aliphatic heterocycles. The van der Waals surface area contributed by atoms with E-state index >= 15 is 0 Å².